The van der Waals surface area contributed by atoms with Gasteiger partial charge in [0.15, 0.2) is 9.84 Å². The molecule has 0 spiro atoms. The maximum atomic E-state index is 14.2. The first kappa shape index (κ1) is 20.4. The van der Waals surface area contributed by atoms with Crippen molar-refractivity contribution in [2.45, 2.75) is 37.0 Å². The summed E-state index contributed by atoms with van der Waals surface area (Å²) in [6.07, 6.45) is 1.43. The molecule has 0 saturated carbocycles. The minimum absolute atomic E-state index is 0. The minimum Gasteiger partial charge on any atom is -0.386 e. The Kier molecular flexibility index (Phi) is 5.36. The van der Waals surface area contributed by atoms with Crippen LogP contribution in [-0.4, -0.2) is 30.2 Å². The van der Waals surface area contributed by atoms with Gasteiger partial charge in [-0.05, 0) is 32.8 Å². The van der Waals surface area contributed by atoms with Crippen molar-refractivity contribution >= 4 is 34.9 Å². The van der Waals surface area contributed by atoms with E-state index < -0.39 is 30.9 Å². The van der Waals surface area contributed by atoms with Crippen molar-refractivity contribution in [2.75, 3.05) is 6.26 Å². The number of hydrogen-bond donors (Lipinski definition) is 1. The number of aliphatic imine (C=N–C) groups is 1. The van der Waals surface area contributed by atoms with E-state index in [1.54, 1.807) is 6.92 Å². The van der Waals surface area contributed by atoms with Gasteiger partial charge in [0.05, 0.1) is 10.5 Å². The number of halogens is 1. The Balaban J connectivity index is 0.00000288. The highest BCUT2D eigenvalue weighted by Gasteiger charge is 2.47. The molecule has 2 atom stereocenters. The van der Waals surface area contributed by atoms with Crippen molar-refractivity contribution in [1.82, 2.24) is 0 Å². The third-order valence-electron chi connectivity index (χ3n) is 4.56. The highest BCUT2D eigenvalue weighted by molar-refractivity contribution is 7.92. The molecule has 0 aliphatic carbocycles. The van der Waals surface area contributed by atoms with E-state index in [1.807, 2.05) is 0 Å². The zero-order chi connectivity index (χ0) is 17.6. The number of hydrogen-bond acceptors (Lipinski definition) is 6. The molecule has 0 bridgehead atoms. The van der Waals surface area contributed by atoms with Gasteiger partial charge in [-0.1, -0.05) is 0 Å². The lowest BCUT2D eigenvalue weighted by molar-refractivity contribution is -0.385. The van der Waals surface area contributed by atoms with Gasteiger partial charge in [-0.25, -0.2) is 12.8 Å². The van der Waals surface area contributed by atoms with Crippen molar-refractivity contribution in [3.05, 3.63) is 39.7 Å². The Hall–Kier alpha value is -1.68. The van der Waals surface area contributed by atoms with Crippen LogP contribution in [0.1, 0.15) is 32.3 Å². The predicted molar refractivity (Wildman–Crippen MR) is 94.9 cm³/mol. The molecule has 1 aliphatic heterocycles. The molecule has 7 nitrogen and oxygen atoms in total. The second-order valence-electron chi connectivity index (χ2n) is 6.20. The van der Waals surface area contributed by atoms with E-state index in [4.69, 9.17) is 5.73 Å². The van der Waals surface area contributed by atoms with Crippen LogP contribution in [0.3, 0.4) is 0 Å². The maximum absolute atomic E-state index is 14.2. The molecule has 134 valence electrons. The number of rotatable bonds is 3. The zero-order valence-electron chi connectivity index (χ0n) is 13.5. The van der Waals surface area contributed by atoms with Gasteiger partial charge in [0.1, 0.15) is 16.4 Å². The largest absolute Gasteiger partial charge is 0.386 e. The van der Waals surface area contributed by atoms with E-state index in [9.17, 15) is 22.9 Å². The molecule has 0 amide bonds. The molecule has 0 radical (unpaired) electrons. The molecule has 10 heteroatoms. The lowest BCUT2D eigenvalue weighted by atomic mass is 9.81. The fourth-order valence-corrected chi connectivity index (χ4v) is 3.56. The third-order valence-corrected chi connectivity index (χ3v) is 6.61. The van der Waals surface area contributed by atoms with Crippen LogP contribution in [0.2, 0.25) is 0 Å². The van der Waals surface area contributed by atoms with Gasteiger partial charge in [-0.15, -0.1) is 0 Å². The second-order valence-corrected chi connectivity index (χ2v) is 8.64. The number of sulfone groups is 1. The topological polar surface area (TPSA) is 116 Å². The number of nitrogens with two attached hydrogens (primary N) is 1. The average molecular weight is 377 g/mol. The molecular weight excluding hydrogens is 357 g/mol. The summed E-state index contributed by atoms with van der Waals surface area (Å²) in [4.78, 5) is 14.5. The Morgan fingerprint density at radius 1 is 1.33 bits per heavy atom. The summed E-state index contributed by atoms with van der Waals surface area (Å²) in [6.45, 7) is 3.06. The summed E-state index contributed by atoms with van der Waals surface area (Å²) >= 11 is 0. The van der Waals surface area contributed by atoms with Crippen molar-refractivity contribution in [2.24, 2.45) is 10.7 Å². The first-order valence-electron chi connectivity index (χ1n) is 6.90. The van der Waals surface area contributed by atoms with Crippen LogP contribution >= 0.6 is 13.5 Å². The van der Waals surface area contributed by atoms with Crippen molar-refractivity contribution in [1.29, 1.82) is 0 Å². The van der Waals surface area contributed by atoms with Crippen molar-refractivity contribution in [3.8, 4) is 0 Å². The van der Waals surface area contributed by atoms with E-state index in [2.05, 4.69) is 4.99 Å². The number of nitrogens with zero attached hydrogens (tertiary/aromatic N) is 2. The lowest BCUT2D eigenvalue weighted by Crippen LogP contribution is -2.52. The number of nitro benzene ring substituents is 1. The molecule has 0 aromatic heterocycles. The minimum atomic E-state index is -3.50. The van der Waals surface area contributed by atoms with Gasteiger partial charge >= 0.3 is 0 Å². The summed E-state index contributed by atoms with van der Waals surface area (Å²) in [5.41, 5.74) is 4.50. The molecule has 1 aromatic rings. The fraction of sp³-hybridized carbons (Fsp3) is 0.500. The summed E-state index contributed by atoms with van der Waals surface area (Å²) < 4.78 is 36.8. The normalized spacial score (nSPS) is 27.1. The van der Waals surface area contributed by atoms with Crippen LogP contribution in [0.4, 0.5) is 10.1 Å². The quantitative estimate of drug-likeness (QED) is 0.639. The van der Waals surface area contributed by atoms with Crippen molar-refractivity contribution < 1.29 is 17.7 Å². The lowest BCUT2D eigenvalue weighted by Gasteiger charge is -2.39. The summed E-state index contributed by atoms with van der Waals surface area (Å²) in [5, 5.41) is 10.9. The van der Waals surface area contributed by atoms with Gasteiger partial charge in [-0.3, -0.25) is 15.1 Å². The summed E-state index contributed by atoms with van der Waals surface area (Å²) in [5.74, 6) is -0.753. The van der Waals surface area contributed by atoms with Crippen LogP contribution in [0.25, 0.3) is 0 Å². The highest BCUT2D eigenvalue weighted by Crippen LogP contribution is 2.41. The van der Waals surface area contributed by atoms with E-state index in [0.29, 0.717) is 0 Å². The first-order chi connectivity index (χ1) is 10.4. The highest BCUT2D eigenvalue weighted by atomic mass is 32.2. The van der Waals surface area contributed by atoms with Gasteiger partial charge in [0, 0.05) is 24.0 Å². The first-order valence-corrected chi connectivity index (χ1v) is 8.80. The molecule has 1 aliphatic rings. The number of benzene rings is 1. The van der Waals surface area contributed by atoms with Gasteiger partial charge in [0.25, 0.3) is 5.69 Å². The SMILES string of the molecule is CC1(S(C)(=O)=O)CC[C@@](C)(c2cc([N+](=O)[O-])ccc2F)N=C1N.S. The standard InChI is InChI=1S/C14H18FN3O4S.H2S/c1-13(10-8-9(18(19)20)4-5-11(10)15)6-7-14(2,12(16)17-13)23(3,21)22;/h4-5,8H,6-7H2,1-3H3,(H2,16,17);1H2/t13-,14?;/m0./s1. The molecule has 2 rings (SSSR count). The fourth-order valence-electron chi connectivity index (χ4n) is 2.66. The van der Waals surface area contributed by atoms with E-state index in [0.717, 1.165) is 24.5 Å². The Bertz CT molecular complexity index is 812. The van der Waals surface area contributed by atoms with E-state index >= 15 is 0 Å². The van der Waals surface area contributed by atoms with Crippen LogP contribution in [0.15, 0.2) is 23.2 Å². The molecule has 0 saturated heterocycles. The van der Waals surface area contributed by atoms with E-state index in [-0.39, 0.29) is 43.4 Å². The number of nitro groups is 1. The van der Waals surface area contributed by atoms with Gasteiger partial charge in [0.2, 0.25) is 0 Å². The molecule has 1 heterocycles. The Morgan fingerprint density at radius 2 is 1.92 bits per heavy atom. The Morgan fingerprint density at radius 3 is 2.38 bits per heavy atom. The maximum Gasteiger partial charge on any atom is 0.270 e. The molecule has 0 fully saturated rings. The van der Waals surface area contributed by atoms with Gasteiger partial charge in [-0.2, -0.15) is 13.5 Å². The van der Waals surface area contributed by atoms with Crippen LogP contribution in [-0.2, 0) is 15.4 Å². The molecule has 24 heavy (non-hydrogen) atoms. The third kappa shape index (κ3) is 3.25. The molecule has 1 unspecified atom stereocenters. The molecule has 2 N–H and O–H groups in total. The monoisotopic (exact) mass is 377 g/mol. The average Bonchev–Trinajstić information content (AvgIpc) is 2.42. The number of non-ortho nitro benzene ring substituents is 1. The molecular formula is C14H20FN3O4S2. The Labute approximate surface area is 146 Å². The smallest absolute Gasteiger partial charge is 0.270 e. The van der Waals surface area contributed by atoms with Crippen molar-refractivity contribution in [3.63, 3.8) is 0 Å². The van der Waals surface area contributed by atoms with Crippen LogP contribution in [0.5, 0.6) is 0 Å². The van der Waals surface area contributed by atoms with E-state index in [1.165, 1.54) is 6.92 Å². The second kappa shape index (κ2) is 6.32. The van der Waals surface area contributed by atoms with Crippen LogP contribution < -0.4 is 5.73 Å². The number of amidine groups is 1. The van der Waals surface area contributed by atoms with Gasteiger partial charge < -0.3 is 5.73 Å². The summed E-state index contributed by atoms with van der Waals surface area (Å²) in [6, 6.07) is 3.20. The van der Waals surface area contributed by atoms with Crippen LogP contribution in [0, 0.1) is 15.9 Å². The molecule has 1 aromatic carbocycles. The summed E-state index contributed by atoms with van der Waals surface area (Å²) in [7, 11) is -3.50. The predicted octanol–water partition coefficient (Wildman–Crippen LogP) is 2.02. The zero-order valence-corrected chi connectivity index (χ0v) is 15.4.